The third-order valence-electron chi connectivity index (χ3n) is 6.82. The van der Waals surface area contributed by atoms with Gasteiger partial charge in [0.2, 0.25) is 5.91 Å². The van der Waals surface area contributed by atoms with Crippen molar-refractivity contribution < 1.29 is 32.5 Å². The van der Waals surface area contributed by atoms with Crippen molar-refractivity contribution in [3.8, 4) is 11.5 Å². The van der Waals surface area contributed by atoms with Crippen LogP contribution in [-0.4, -0.2) is 58.0 Å². The van der Waals surface area contributed by atoms with Gasteiger partial charge in [-0.05, 0) is 67.6 Å². The van der Waals surface area contributed by atoms with E-state index in [0.717, 1.165) is 18.4 Å². The number of aliphatic hydroxyl groups excluding tert-OH is 1. The first-order valence-electron chi connectivity index (χ1n) is 11.9. The Labute approximate surface area is 204 Å². The fraction of sp³-hybridized carbons (Fsp3) is 0.480. The predicted octanol–water partition coefficient (Wildman–Crippen LogP) is 2.41. The Balaban J connectivity index is 1.31. The van der Waals surface area contributed by atoms with Gasteiger partial charge in [0.15, 0.2) is 0 Å². The molecule has 1 amide bonds. The number of hydrogen-bond acceptors (Lipinski definition) is 7. The number of anilines is 1. The number of carbonyl (C=O) groups excluding carboxylic acids is 1. The molecule has 188 valence electrons. The van der Waals surface area contributed by atoms with Gasteiger partial charge in [-0.3, -0.25) is 9.52 Å². The Hall–Kier alpha value is -2.82. The maximum atomic E-state index is 12.9. The summed E-state index contributed by atoms with van der Waals surface area (Å²) in [6.45, 7) is 0.469. The molecule has 1 saturated heterocycles. The normalized spacial score (nSPS) is 25.2. The lowest BCUT2D eigenvalue weighted by atomic mass is 9.84. The molecule has 5 rings (SSSR count). The summed E-state index contributed by atoms with van der Waals surface area (Å²) in [5.41, 5.74) is 1.25. The molecule has 0 radical (unpaired) electrons. The summed E-state index contributed by atoms with van der Waals surface area (Å²) in [7, 11) is -2.28. The van der Waals surface area contributed by atoms with E-state index in [4.69, 9.17) is 14.2 Å². The molecular weight excluding hydrogens is 472 g/mol. The summed E-state index contributed by atoms with van der Waals surface area (Å²) in [5, 5.41) is 12.9. The van der Waals surface area contributed by atoms with E-state index in [1.54, 1.807) is 30.3 Å². The Morgan fingerprint density at radius 1 is 1.17 bits per heavy atom. The molecule has 4 atom stereocenters. The van der Waals surface area contributed by atoms with E-state index < -0.39 is 22.2 Å². The first kappa shape index (κ1) is 23.9. The molecule has 0 aromatic heterocycles. The topological polar surface area (TPSA) is 123 Å². The van der Waals surface area contributed by atoms with E-state index in [9.17, 15) is 18.3 Å². The minimum Gasteiger partial charge on any atom is -0.497 e. The van der Waals surface area contributed by atoms with Gasteiger partial charge in [0, 0.05) is 23.7 Å². The number of sulfonamides is 1. The van der Waals surface area contributed by atoms with E-state index in [1.807, 2.05) is 0 Å². The molecule has 3 aliphatic rings. The number of hydrogen-bond donors (Lipinski definition) is 3. The minimum atomic E-state index is -3.80. The summed E-state index contributed by atoms with van der Waals surface area (Å²) in [5.74, 6) is 1.61. The highest BCUT2D eigenvalue weighted by molar-refractivity contribution is 7.92. The fourth-order valence-corrected chi connectivity index (χ4v) is 5.83. The minimum absolute atomic E-state index is 0.0582. The van der Waals surface area contributed by atoms with Gasteiger partial charge in [0.05, 0.1) is 31.1 Å². The molecule has 0 bridgehead atoms. The molecule has 2 fully saturated rings. The van der Waals surface area contributed by atoms with Gasteiger partial charge in [-0.25, -0.2) is 8.42 Å². The van der Waals surface area contributed by atoms with Crippen LogP contribution in [0.1, 0.15) is 37.2 Å². The molecule has 35 heavy (non-hydrogen) atoms. The summed E-state index contributed by atoms with van der Waals surface area (Å²) in [6, 6.07) is 11.3. The molecule has 10 heteroatoms. The molecule has 1 aliphatic carbocycles. The number of nitrogens with one attached hydrogen (secondary N) is 2. The van der Waals surface area contributed by atoms with E-state index in [-0.39, 0.29) is 35.9 Å². The van der Waals surface area contributed by atoms with Crippen LogP contribution in [0.3, 0.4) is 0 Å². The number of rotatable bonds is 9. The van der Waals surface area contributed by atoms with E-state index in [0.29, 0.717) is 36.1 Å². The molecule has 0 spiro atoms. The van der Waals surface area contributed by atoms with Gasteiger partial charge < -0.3 is 24.6 Å². The number of benzene rings is 2. The maximum absolute atomic E-state index is 12.9. The van der Waals surface area contributed by atoms with E-state index in [2.05, 4.69) is 10.0 Å². The van der Waals surface area contributed by atoms with Crippen LogP contribution in [-0.2, 0) is 19.6 Å². The van der Waals surface area contributed by atoms with Crippen molar-refractivity contribution in [2.75, 3.05) is 25.0 Å². The lowest BCUT2D eigenvalue weighted by Gasteiger charge is -2.37. The summed E-state index contributed by atoms with van der Waals surface area (Å²) >= 11 is 0. The second-order valence-electron chi connectivity index (χ2n) is 9.39. The average Bonchev–Trinajstić information content (AvgIpc) is 3.62. The Morgan fingerprint density at radius 3 is 2.63 bits per heavy atom. The number of amides is 1. The predicted molar refractivity (Wildman–Crippen MR) is 128 cm³/mol. The van der Waals surface area contributed by atoms with Crippen molar-refractivity contribution in [1.29, 1.82) is 0 Å². The molecule has 1 saturated carbocycles. The zero-order chi connectivity index (χ0) is 24.6. The molecular formula is C25H30N2O7S. The van der Waals surface area contributed by atoms with Gasteiger partial charge in [-0.2, -0.15) is 0 Å². The van der Waals surface area contributed by atoms with Crippen molar-refractivity contribution in [2.45, 2.75) is 54.8 Å². The third-order valence-corrected chi connectivity index (χ3v) is 8.22. The summed E-state index contributed by atoms with van der Waals surface area (Å²) in [4.78, 5) is 12.5. The molecule has 0 unspecified atom stereocenters. The molecule has 9 nitrogen and oxygen atoms in total. The molecule has 3 N–H and O–H groups in total. The number of aliphatic hydroxyl groups is 1. The standard InChI is InChI=1S/C25H30N2O7S/c1-32-17-5-7-19(8-6-17)35(30,31)27-16-4-9-22-20(10-16)21-11-18(33-23(14-28)25(21)34-22)12-24(29)26-13-15-2-3-15/h4-10,15,18,21,23,25,27-28H,2-3,11-14H2,1H3,(H,26,29)/t18-,21-,23+,25+/m0/s1. The highest BCUT2D eigenvalue weighted by Gasteiger charge is 2.46. The fourth-order valence-electron chi connectivity index (χ4n) is 4.78. The number of carbonyl (C=O) groups is 1. The quantitative estimate of drug-likeness (QED) is 0.481. The summed E-state index contributed by atoms with van der Waals surface area (Å²) < 4.78 is 45.6. The Morgan fingerprint density at radius 2 is 1.94 bits per heavy atom. The van der Waals surface area contributed by atoms with Crippen molar-refractivity contribution in [3.63, 3.8) is 0 Å². The van der Waals surface area contributed by atoms with E-state index >= 15 is 0 Å². The van der Waals surface area contributed by atoms with Crippen LogP contribution >= 0.6 is 0 Å². The molecule has 2 aromatic rings. The third kappa shape index (κ3) is 5.24. The van der Waals surface area contributed by atoms with Gasteiger partial charge in [-0.1, -0.05) is 0 Å². The molecule has 2 aliphatic heterocycles. The number of fused-ring (bicyclic) bond motifs is 3. The van der Waals surface area contributed by atoms with Crippen LogP contribution in [0.25, 0.3) is 0 Å². The number of methoxy groups -OCH3 is 1. The van der Waals surface area contributed by atoms with Crippen molar-refractivity contribution >= 4 is 21.6 Å². The lowest BCUT2D eigenvalue weighted by molar-refractivity contribution is -0.142. The zero-order valence-corrected chi connectivity index (χ0v) is 20.3. The van der Waals surface area contributed by atoms with Gasteiger partial charge in [-0.15, -0.1) is 0 Å². The highest BCUT2D eigenvalue weighted by Crippen LogP contribution is 2.47. The largest absolute Gasteiger partial charge is 0.497 e. The monoisotopic (exact) mass is 502 g/mol. The van der Waals surface area contributed by atoms with Crippen molar-refractivity contribution in [3.05, 3.63) is 48.0 Å². The van der Waals surface area contributed by atoms with Crippen LogP contribution in [0.4, 0.5) is 5.69 Å². The first-order valence-corrected chi connectivity index (χ1v) is 13.3. The zero-order valence-electron chi connectivity index (χ0n) is 19.5. The smallest absolute Gasteiger partial charge is 0.261 e. The second kappa shape index (κ2) is 9.67. The maximum Gasteiger partial charge on any atom is 0.261 e. The van der Waals surface area contributed by atoms with Crippen molar-refractivity contribution in [1.82, 2.24) is 5.32 Å². The van der Waals surface area contributed by atoms with Crippen LogP contribution in [0, 0.1) is 5.92 Å². The molecule has 2 aromatic carbocycles. The number of ether oxygens (including phenoxy) is 3. The summed E-state index contributed by atoms with van der Waals surface area (Å²) in [6.07, 6.45) is 1.76. The highest BCUT2D eigenvalue weighted by atomic mass is 32.2. The van der Waals surface area contributed by atoms with Gasteiger partial charge in [0.1, 0.15) is 23.7 Å². The molecule has 2 heterocycles. The van der Waals surface area contributed by atoms with Crippen LogP contribution in [0.5, 0.6) is 11.5 Å². The van der Waals surface area contributed by atoms with Crippen LogP contribution in [0.2, 0.25) is 0 Å². The first-order chi connectivity index (χ1) is 16.9. The van der Waals surface area contributed by atoms with Gasteiger partial charge in [0.25, 0.3) is 10.0 Å². The average molecular weight is 503 g/mol. The van der Waals surface area contributed by atoms with Gasteiger partial charge >= 0.3 is 0 Å². The van der Waals surface area contributed by atoms with E-state index in [1.165, 1.54) is 19.2 Å². The van der Waals surface area contributed by atoms with Crippen LogP contribution in [0.15, 0.2) is 47.4 Å². The van der Waals surface area contributed by atoms with Crippen molar-refractivity contribution in [2.24, 2.45) is 5.92 Å². The SMILES string of the molecule is COc1ccc(S(=O)(=O)Nc2ccc3c(c2)[C@@H]2C[C@@H](CC(=O)NCC4CC4)O[C@H](CO)[C@@H]2O3)cc1. The lowest BCUT2D eigenvalue weighted by Crippen LogP contribution is -2.47. The Bertz CT molecular complexity index is 1180. The van der Waals surface area contributed by atoms with Crippen LogP contribution < -0.4 is 19.5 Å². The Kier molecular flexibility index (Phi) is 6.61. The second-order valence-corrected chi connectivity index (χ2v) is 11.1.